The number of aromatic nitrogens is 1. The number of para-hydroxylation sites is 1. The largest absolute Gasteiger partial charge is 0.350 e. The van der Waals surface area contributed by atoms with Crippen LogP contribution in [0.3, 0.4) is 0 Å². The van der Waals surface area contributed by atoms with Gasteiger partial charge < -0.3 is 9.88 Å². The van der Waals surface area contributed by atoms with Crippen molar-refractivity contribution in [2.45, 2.75) is 26.3 Å². The zero-order valence-electron chi connectivity index (χ0n) is 16.2. The highest BCUT2D eigenvalue weighted by atomic mass is 19.1. The summed E-state index contributed by atoms with van der Waals surface area (Å²) in [7, 11) is 0. The van der Waals surface area contributed by atoms with Gasteiger partial charge in [-0.3, -0.25) is 9.69 Å². The number of halogens is 1. The molecule has 1 saturated heterocycles. The molecule has 146 valence electrons. The van der Waals surface area contributed by atoms with Gasteiger partial charge in [0.15, 0.2) is 0 Å². The van der Waals surface area contributed by atoms with Crippen molar-refractivity contribution >= 4 is 16.8 Å². The second kappa shape index (κ2) is 8.15. The number of carbonyl (C=O) groups is 1. The third kappa shape index (κ3) is 3.67. The van der Waals surface area contributed by atoms with Crippen molar-refractivity contribution in [3.05, 3.63) is 71.2 Å². The van der Waals surface area contributed by atoms with Crippen molar-refractivity contribution in [3.63, 3.8) is 0 Å². The number of hydrogen-bond donors (Lipinski definition) is 1. The molecule has 4 nitrogen and oxygen atoms in total. The van der Waals surface area contributed by atoms with Gasteiger partial charge in [0.1, 0.15) is 11.5 Å². The molecule has 28 heavy (non-hydrogen) atoms. The summed E-state index contributed by atoms with van der Waals surface area (Å²) in [6.45, 7) is 5.68. The van der Waals surface area contributed by atoms with Gasteiger partial charge in [0.2, 0.25) is 0 Å². The number of benzene rings is 2. The maximum Gasteiger partial charge on any atom is 0.270 e. The normalized spacial score (nSPS) is 15.7. The van der Waals surface area contributed by atoms with Crippen LogP contribution in [0.15, 0.2) is 48.5 Å². The van der Waals surface area contributed by atoms with Crippen LogP contribution in [-0.4, -0.2) is 46.9 Å². The summed E-state index contributed by atoms with van der Waals surface area (Å²) in [5.74, 6) is -0.0915. The van der Waals surface area contributed by atoms with E-state index in [9.17, 15) is 9.18 Å². The van der Waals surface area contributed by atoms with Crippen molar-refractivity contribution in [2.75, 3.05) is 26.2 Å². The quantitative estimate of drug-likeness (QED) is 0.737. The molecular weight excluding hydrogens is 353 g/mol. The highest BCUT2D eigenvalue weighted by Crippen LogP contribution is 2.24. The fraction of sp³-hybridized carbons (Fsp3) is 0.348. The number of aryl methyl sites for hydroxylation is 1. The van der Waals surface area contributed by atoms with Crippen LogP contribution in [0.4, 0.5) is 4.39 Å². The molecule has 0 atom stereocenters. The van der Waals surface area contributed by atoms with E-state index in [0.717, 1.165) is 48.9 Å². The van der Waals surface area contributed by atoms with Crippen LogP contribution >= 0.6 is 0 Å². The van der Waals surface area contributed by atoms with Gasteiger partial charge in [-0.1, -0.05) is 43.3 Å². The van der Waals surface area contributed by atoms with Gasteiger partial charge >= 0.3 is 0 Å². The van der Waals surface area contributed by atoms with E-state index in [4.69, 9.17) is 0 Å². The van der Waals surface area contributed by atoms with E-state index in [1.165, 1.54) is 6.07 Å². The topological polar surface area (TPSA) is 39.3 Å². The summed E-state index contributed by atoms with van der Waals surface area (Å²) in [5, 5.41) is 1.13. The first-order chi connectivity index (χ1) is 13.7. The molecule has 3 aromatic rings. The number of amides is 1. The number of hydrogen-bond acceptors (Lipinski definition) is 2. The van der Waals surface area contributed by atoms with Crippen LogP contribution in [0, 0.1) is 5.82 Å². The summed E-state index contributed by atoms with van der Waals surface area (Å²) in [6.07, 6.45) is 1.71. The highest BCUT2D eigenvalue weighted by Gasteiger charge is 2.24. The fourth-order valence-corrected chi connectivity index (χ4v) is 4.11. The first-order valence-corrected chi connectivity index (χ1v) is 10.0. The smallest absolute Gasteiger partial charge is 0.270 e. The number of carbonyl (C=O) groups excluding carboxylic acids is 1. The Balaban J connectivity index is 1.49. The number of fused-ring (bicyclic) bond motifs is 1. The molecule has 0 radical (unpaired) electrons. The SMILES string of the molecule is CCc1c(C(=O)N2CCCN(Cc3ccccc3F)CC2)[nH]c2ccccc12. The minimum atomic E-state index is -0.162. The Morgan fingerprint density at radius 3 is 2.64 bits per heavy atom. The first kappa shape index (κ1) is 18.7. The molecule has 5 heteroatoms. The molecule has 0 saturated carbocycles. The van der Waals surface area contributed by atoms with E-state index in [-0.39, 0.29) is 11.7 Å². The van der Waals surface area contributed by atoms with Gasteiger partial charge in [-0.15, -0.1) is 0 Å². The van der Waals surface area contributed by atoms with E-state index in [0.29, 0.717) is 24.3 Å². The standard InChI is InChI=1S/C23H26FN3O/c1-2-18-19-9-4-6-11-21(19)25-22(18)23(28)27-13-7-12-26(14-15-27)16-17-8-3-5-10-20(17)24/h3-6,8-11,25H,2,7,12-16H2,1H3. The molecule has 4 rings (SSSR count). The Hall–Kier alpha value is -2.66. The summed E-state index contributed by atoms with van der Waals surface area (Å²) < 4.78 is 14.0. The summed E-state index contributed by atoms with van der Waals surface area (Å²) in [5.41, 5.74) is 3.53. The Morgan fingerprint density at radius 2 is 1.82 bits per heavy atom. The van der Waals surface area contributed by atoms with Crippen molar-refractivity contribution in [3.8, 4) is 0 Å². The molecule has 1 N–H and O–H groups in total. The monoisotopic (exact) mass is 379 g/mol. The van der Waals surface area contributed by atoms with E-state index >= 15 is 0 Å². The zero-order valence-corrected chi connectivity index (χ0v) is 16.2. The minimum Gasteiger partial charge on any atom is -0.350 e. The maximum atomic E-state index is 14.0. The Kier molecular flexibility index (Phi) is 5.44. The van der Waals surface area contributed by atoms with Gasteiger partial charge in [0, 0.05) is 49.2 Å². The third-order valence-corrected chi connectivity index (χ3v) is 5.61. The van der Waals surface area contributed by atoms with E-state index in [1.807, 2.05) is 35.2 Å². The molecule has 2 aromatic carbocycles. The minimum absolute atomic E-state index is 0.0702. The molecule has 0 bridgehead atoms. The third-order valence-electron chi connectivity index (χ3n) is 5.61. The lowest BCUT2D eigenvalue weighted by molar-refractivity contribution is 0.0755. The lowest BCUT2D eigenvalue weighted by Crippen LogP contribution is -2.35. The van der Waals surface area contributed by atoms with E-state index in [1.54, 1.807) is 6.07 Å². The molecular formula is C23H26FN3O. The molecule has 1 amide bonds. The number of H-pyrrole nitrogens is 1. The lowest BCUT2D eigenvalue weighted by atomic mass is 10.1. The highest BCUT2D eigenvalue weighted by molar-refractivity contribution is 6.01. The summed E-state index contributed by atoms with van der Waals surface area (Å²) >= 11 is 0. The number of rotatable bonds is 4. The van der Waals surface area contributed by atoms with Crippen LogP contribution in [0.1, 0.15) is 35.0 Å². The van der Waals surface area contributed by atoms with Crippen LogP contribution in [0.5, 0.6) is 0 Å². The molecule has 1 aliphatic heterocycles. The maximum absolute atomic E-state index is 14.0. The van der Waals surface area contributed by atoms with Crippen LogP contribution in [0.25, 0.3) is 10.9 Å². The number of nitrogens with zero attached hydrogens (tertiary/aromatic N) is 2. The van der Waals surface area contributed by atoms with Crippen LogP contribution < -0.4 is 0 Å². The van der Waals surface area contributed by atoms with Crippen molar-refractivity contribution < 1.29 is 9.18 Å². The first-order valence-electron chi connectivity index (χ1n) is 10.0. The summed E-state index contributed by atoms with van der Waals surface area (Å²) in [6, 6.07) is 15.0. The van der Waals surface area contributed by atoms with Crippen LogP contribution in [-0.2, 0) is 13.0 Å². The molecule has 0 unspecified atom stereocenters. The second-order valence-corrected chi connectivity index (χ2v) is 7.39. The van der Waals surface area contributed by atoms with Gasteiger partial charge in [-0.2, -0.15) is 0 Å². The van der Waals surface area contributed by atoms with Crippen molar-refractivity contribution in [1.82, 2.24) is 14.8 Å². The van der Waals surface area contributed by atoms with Gasteiger partial charge in [0.05, 0.1) is 0 Å². The van der Waals surface area contributed by atoms with Gasteiger partial charge in [-0.05, 0) is 30.5 Å². The Labute approximate surface area is 165 Å². The Bertz CT molecular complexity index is 981. The van der Waals surface area contributed by atoms with Crippen LogP contribution in [0.2, 0.25) is 0 Å². The lowest BCUT2D eigenvalue weighted by Gasteiger charge is -2.22. The van der Waals surface area contributed by atoms with Gasteiger partial charge in [0.25, 0.3) is 5.91 Å². The average molecular weight is 379 g/mol. The second-order valence-electron chi connectivity index (χ2n) is 7.39. The predicted molar refractivity (Wildman–Crippen MR) is 110 cm³/mol. The Morgan fingerprint density at radius 1 is 1.04 bits per heavy atom. The molecule has 0 spiro atoms. The van der Waals surface area contributed by atoms with Gasteiger partial charge in [-0.25, -0.2) is 4.39 Å². The summed E-state index contributed by atoms with van der Waals surface area (Å²) in [4.78, 5) is 20.7. The average Bonchev–Trinajstić information content (AvgIpc) is 2.93. The molecule has 2 heterocycles. The van der Waals surface area contributed by atoms with Crippen molar-refractivity contribution in [1.29, 1.82) is 0 Å². The zero-order chi connectivity index (χ0) is 19.5. The fourth-order valence-electron chi connectivity index (χ4n) is 4.11. The molecule has 1 aliphatic rings. The van der Waals surface area contributed by atoms with E-state index in [2.05, 4.69) is 22.9 Å². The number of aromatic amines is 1. The molecule has 1 fully saturated rings. The number of nitrogens with one attached hydrogen (secondary N) is 1. The molecule has 1 aromatic heterocycles. The molecule has 0 aliphatic carbocycles. The van der Waals surface area contributed by atoms with E-state index < -0.39 is 0 Å². The van der Waals surface area contributed by atoms with Crippen molar-refractivity contribution in [2.24, 2.45) is 0 Å². The predicted octanol–water partition coefficient (Wildman–Crippen LogP) is 4.22.